The molecule has 10 nitrogen and oxygen atoms in total. The standard InChI is InChI=1S/C30H37N7O3/c1-29(2,3)40-28(38)35-30(12-13-30)18-37(5)25-16-26(39-6)23(15-21(25)31)34-27-32-14-11-22(33-27)20-17-36(4)24-10-8-7-9-19(20)24/h7-11,14-17H,12-13,18,31H2,1-6H3,(H,35,38)(H,32,33,34). The summed E-state index contributed by atoms with van der Waals surface area (Å²) in [5.41, 5.74) is 10.6. The van der Waals surface area contributed by atoms with E-state index in [-0.39, 0.29) is 5.54 Å². The van der Waals surface area contributed by atoms with Gasteiger partial charge in [0.15, 0.2) is 0 Å². The SMILES string of the molecule is COc1cc(N(C)CC2(NC(=O)OC(C)(C)C)CC2)c(N)cc1Nc1nccc(-c2cn(C)c3ccccc23)n1. The molecule has 2 aromatic carbocycles. The minimum absolute atomic E-state index is 0.344. The number of fused-ring (bicyclic) bond motifs is 1. The number of rotatable bonds is 8. The molecule has 5 rings (SSSR count). The second-order valence-electron chi connectivity index (χ2n) is 11.4. The van der Waals surface area contributed by atoms with Crippen LogP contribution < -0.4 is 26.0 Å². The van der Waals surface area contributed by atoms with Crippen molar-refractivity contribution in [3.8, 4) is 17.0 Å². The van der Waals surface area contributed by atoms with Crippen LogP contribution in [0.1, 0.15) is 33.6 Å². The van der Waals surface area contributed by atoms with E-state index >= 15 is 0 Å². The monoisotopic (exact) mass is 543 g/mol. The van der Waals surface area contributed by atoms with E-state index in [4.69, 9.17) is 20.2 Å². The first-order valence-electron chi connectivity index (χ1n) is 13.3. The number of carbonyl (C=O) groups excluding carboxylic acids is 1. The van der Waals surface area contributed by atoms with Crippen LogP contribution in [0.5, 0.6) is 5.75 Å². The van der Waals surface area contributed by atoms with E-state index in [9.17, 15) is 4.79 Å². The fourth-order valence-electron chi connectivity index (χ4n) is 4.95. The van der Waals surface area contributed by atoms with Gasteiger partial charge in [0.1, 0.15) is 11.4 Å². The summed E-state index contributed by atoms with van der Waals surface area (Å²) in [7, 11) is 5.59. The van der Waals surface area contributed by atoms with Gasteiger partial charge in [-0.1, -0.05) is 18.2 Å². The lowest BCUT2D eigenvalue weighted by atomic mass is 10.1. The predicted molar refractivity (Wildman–Crippen MR) is 159 cm³/mol. The van der Waals surface area contributed by atoms with Crippen LogP contribution in [0.25, 0.3) is 22.2 Å². The number of alkyl carbamates (subject to hydrolysis) is 1. The van der Waals surface area contributed by atoms with Gasteiger partial charge in [-0.2, -0.15) is 0 Å². The van der Waals surface area contributed by atoms with E-state index in [1.807, 2.05) is 70.1 Å². The first-order chi connectivity index (χ1) is 19.0. The molecule has 0 unspecified atom stereocenters. The number of benzene rings is 2. The Labute approximate surface area is 234 Å². The Hall–Kier alpha value is -4.47. The molecule has 0 radical (unpaired) electrons. The van der Waals surface area contributed by atoms with Crippen molar-refractivity contribution >= 4 is 40.0 Å². The first kappa shape index (κ1) is 27.1. The van der Waals surface area contributed by atoms with Crippen LogP contribution in [0.2, 0.25) is 0 Å². The molecule has 4 N–H and O–H groups in total. The molecule has 0 saturated heterocycles. The molecule has 0 aliphatic heterocycles. The zero-order valence-electron chi connectivity index (χ0n) is 23.9. The molecule has 1 aliphatic rings. The van der Waals surface area contributed by atoms with Crippen LogP contribution in [-0.4, -0.2) is 52.5 Å². The number of nitrogens with zero attached hydrogens (tertiary/aromatic N) is 4. The molecule has 0 spiro atoms. The number of anilines is 4. The van der Waals surface area contributed by atoms with Crippen molar-refractivity contribution in [2.24, 2.45) is 7.05 Å². The summed E-state index contributed by atoms with van der Waals surface area (Å²) in [6.07, 6.45) is 5.14. The van der Waals surface area contributed by atoms with Crippen molar-refractivity contribution in [3.05, 3.63) is 54.9 Å². The number of aromatic nitrogens is 3. The van der Waals surface area contributed by atoms with Gasteiger partial charge in [0.2, 0.25) is 5.95 Å². The lowest BCUT2D eigenvalue weighted by molar-refractivity contribution is 0.0498. The van der Waals surface area contributed by atoms with Crippen LogP contribution in [0.4, 0.5) is 27.8 Å². The number of ether oxygens (including phenoxy) is 2. The van der Waals surface area contributed by atoms with E-state index in [2.05, 4.69) is 38.5 Å². The second-order valence-corrected chi connectivity index (χ2v) is 11.4. The Bertz CT molecular complexity index is 1550. The minimum atomic E-state index is -0.551. The van der Waals surface area contributed by atoms with Crippen molar-refractivity contribution in [1.29, 1.82) is 0 Å². The zero-order chi connectivity index (χ0) is 28.7. The maximum absolute atomic E-state index is 12.4. The van der Waals surface area contributed by atoms with Crippen LogP contribution in [0, 0.1) is 0 Å². The summed E-state index contributed by atoms with van der Waals surface area (Å²) in [4.78, 5) is 23.6. The van der Waals surface area contributed by atoms with E-state index in [1.54, 1.807) is 13.3 Å². The van der Waals surface area contributed by atoms with Crippen LogP contribution in [-0.2, 0) is 11.8 Å². The second kappa shape index (κ2) is 10.3. The molecule has 1 aliphatic carbocycles. The Morgan fingerprint density at radius 2 is 1.95 bits per heavy atom. The third kappa shape index (κ3) is 5.75. The van der Waals surface area contributed by atoms with E-state index < -0.39 is 11.7 Å². The lowest BCUT2D eigenvalue weighted by Crippen LogP contribution is -2.46. The fraction of sp³-hybridized carbons (Fsp3) is 0.367. The Balaban J connectivity index is 1.35. The van der Waals surface area contributed by atoms with Crippen molar-refractivity contribution in [2.75, 3.05) is 36.7 Å². The maximum atomic E-state index is 12.4. The highest BCUT2D eigenvalue weighted by Gasteiger charge is 2.46. The number of nitrogens with one attached hydrogen (secondary N) is 2. The molecule has 10 heteroatoms. The summed E-state index contributed by atoms with van der Waals surface area (Å²) >= 11 is 0. The minimum Gasteiger partial charge on any atom is -0.494 e. The van der Waals surface area contributed by atoms with E-state index in [1.165, 1.54) is 0 Å². The summed E-state index contributed by atoms with van der Waals surface area (Å²) in [5.74, 6) is 1.03. The number of carbonyl (C=O) groups is 1. The molecule has 0 atom stereocenters. The summed E-state index contributed by atoms with van der Waals surface area (Å²) in [5, 5.41) is 7.44. The molecule has 0 bridgehead atoms. The molecule has 4 aromatic rings. The quantitative estimate of drug-likeness (QED) is 0.251. The number of hydrogen-bond acceptors (Lipinski definition) is 8. The smallest absolute Gasteiger partial charge is 0.408 e. The molecular formula is C30H37N7O3. The molecule has 210 valence electrons. The highest BCUT2D eigenvalue weighted by molar-refractivity contribution is 5.95. The number of amides is 1. The third-order valence-corrected chi connectivity index (χ3v) is 6.99. The molecule has 1 fully saturated rings. The van der Waals surface area contributed by atoms with Gasteiger partial charge in [-0.05, 0) is 51.8 Å². The van der Waals surface area contributed by atoms with Gasteiger partial charge in [0.05, 0.1) is 35.4 Å². The van der Waals surface area contributed by atoms with E-state index in [0.29, 0.717) is 29.6 Å². The van der Waals surface area contributed by atoms with Gasteiger partial charge in [-0.25, -0.2) is 14.8 Å². The van der Waals surface area contributed by atoms with Crippen LogP contribution in [0.3, 0.4) is 0 Å². The number of methoxy groups -OCH3 is 1. The van der Waals surface area contributed by atoms with Gasteiger partial charge in [-0.3, -0.25) is 0 Å². The predicted octanol–water partition coefficient (Wildman–Crippen LogP) is 5.46. The topological polar surface area (TPSA) is 120 Å². The number of likely N-dealkylation sites (N-methyl/N-ethyl adjacent to an activating group) is 1. The van der Waals surface area contributed by atoms with Gasteiger partial charge in [0.25, 0.3) is 0 Å². The van der Waals surface area contributed by atoms with Crippen molar-refractivity contribution in [1.82, 2.24) is 19.9 Å². The molecule has 40 heavy (non-hydrogen) atoms. The van der Waals surface area contributed by atoms with Crippen molar-refractivity contribution in [3.63, 3.8) is 0 Å². The Kier molecular flexibility index (Phi) is 6.95. The van der Waals surface area contributed by atoms with E-state index in [0.717, 1.165) is 40.7 Å². The summed E-state index contributed by atoms with van der Waals surface area (Å²) in [6.45, 7) is 6.14. The Morgan fingerprint density at radius 1 is 1.20 bits per heavy atom. The number of nitrogens with two attached hydrogens (primary N) is 1. The maximum Gasteiger partial charge on any atom is 0.408 e. The highest BCUT2D eigenvalue weighted by atomic mass is 16.6. The number of para-hydroxylation sites is 1. The average molecular weight is 544 g/mol. The molecule has 1 saturated carbocycles. The first-order valence-corrected chi connectivity index (χ1v) is 13.3. The number of aryl methyl sites for hydroxylation is 1. The largest absolute Gasteiger partial charge is 0.494 e. The molecule has 2 aromatic heterocycles. The van der Waals surface area contributed by atoms with Crippen molar-refractivity contribution in [2.45, 2.75) is 44.8 Å². The highest BCUT2D eigenvalue weighted by Crippen LogP contribution is 2.41. The Morgan fingerprint density at radius 3 is 2.65 bits per heavy atom. The van der Waals surface area contributed by atoms with Gasteiger partial charge < -0.3 is 35.3 Å². The van der Waals surface area contributed by atoms with Crippen LogP contribution in [0.15, 0.2) is 54.9 Å². The van der Waals surface area contributed by atoms with Gasteiger partial charge in [-0.15, -0.1) is 0 Å². The summed E-state index contributed by atoms with van der Waals surface area (Å²) < 4.78 is 13.3. The lowest BCUT2D eigenvalue weighted by Gasteiger charge is -2.29. The average Bonchev–Trinajstić information content (AvgIpc) is 3.55. The molecule has 2 heterocycles. The number of nitrogen functional groups attached to an aromatic ring is 1. The summed E-state index contributed by atoms with van der Waals surface area (Å²) in [6, 6.07) is 13.8. The van der Waals surface area contributed by atoms with Gasteiger partial charge >= 0.3 is 6.09 Å². The normalized spacial score (nSPS) is 14.1. The van der Waals surface area contributed by atoms with Crippen molar-refractivity contribution < 1.29 is 14.3 Å². The van der Waals surface area contributed by atoms with Crippen LogP contribution >= 0.6 is 0 Å². The fourth-order valence-corrected chi connectivity index (χ4v) is 4.95. The molecular weight excluding hydrogens is 506 g/mol. The third-order valence-electron chi connectivity index (χ3n) is 6.99. The molecule has 1 amide bonds. The number of hydrogen-bond donors (Lipinski definition) is 3. The van der Waals surface area contributed by atoms with Gasteiger partial charge in [0, 0.05) is 55.6 Å². The zero-order valence-corrected chi connectivity index (χ0v) is 23.9.